The van der Waals surface area contributed by atoms with Crippen LogP contribution in [0.25, 0.3) is 6.08 Å². The minimum absolute atomic E-state index is 0.745. The molecule has 0 unspecified atom stereocenters. The van der Waals surface area contributed by atoms with Crippen LogP contribution in [0.3, 0.4) is 0 Å². The third-order valence-electron chi connectivity index (χ3n) is 3.84. The van der Waals surface area contributed by atoms with Crippen LogP contribution in [0.4, 0.5) is 5.69 Å². The van der Waals surface area contributed by atoms with Crippen molar-refractivity contribution in [2.45, 2.75) is 12.8 Å². The lowest BCUT2D eigenvalue weighted by Crippen LogP contribution is -2.36. The van der Waals surface area contributed by atoms with E-state index in [4.69, 9.17) is 5.73 Å². The average molecular weight is 214 g/mol. The number of benzene rings is 1. The molecule has 0 saturated carbocycles. The van der Waals surface area contributed by atoms with Gasteiger partial charge in [-0.1, -0.05) is 18.2 Å². The molecule has 2 atom stereocenters. The largest absolute Gasteiger partial charge is 0.399 e. The minimum Gasteiger partial charge on any atom is -0.399 e. The van der Waals surface area contributed by atoms with Crippen molar-refractivity contribution in [1.29, 1.82) is 0 Å². The third-order valence-corrected chi connectivity index (χ3v) is 3.84. The second-order valence-electron chi connectivity index (χ2n) is 4.94. The highest BCUT2D eigenvalue weighted by Crippen LogP contribution is 2.31. The molecule has 1 heterocycles. The van der Waals surface area contributed by atoms with Crippen LogP contribution in [-0.4, -0.2) is 13.1 Å². The van der Waals surface area contributed by atoms with Gasteiger partial charge in [0, 0.05) is 5.69 Å². The number of nitrogens with one attached hydrogen (secondary N) is 1. The molecule has 0 radical (unpaired) electrons. The first-order chi connectivity index (χ1) is 7.83. The highest BCUT2D eigenvalue weighted by molar-refractivity contribution is 5.60. The average Bonchev–Trinajstić information content (AvgIpc) is 2.48. The molecular formula is C14H18N2. The number of nitrogens with two attached hydrogens (primary N) is 1. The molecule has 16 heavy (non-hydrogen) atoms. The Balaban J connectivity index is 1.96. The van der Waals surface area contributed by atoms with Gasteiger partial charge in [0.2, 0.25) is 0 Å². The van der Waals surface area contributed by atoms with Crippen molar-refractivity contribution in [2.75, 3.05) is 18.8 Å². The highest BCUT2D eigenvalue weighted by Gasteiger charge is 2.25. The van der Waals surface area contributed by atoms with Crippen molar-refractivity contribution in [1.82, 2.24) is 5.32 Å². The molecule has 1 aromatic rings. The van der Waals surface area contributed by atoms with Crippen molar-refractivity contribution < 1.29 is 0 Å². The fourth-order valence-corrected chi connectivity index (χ4v) is 2.88. The van der Waals surface area contributed by atoms with E-state index in [1.807, 2.05) is 6.07 Å². The summed E-state index contributed by atoms with van der Waals surface area (Å²) < 4.78 is 0. The monoisotopic (exact) mass is 214 g/mol. The summed E-state index contributed by atoms with van der Waals surface area (Å²) in [5, 5.41) is 3.50. The molecule has 3 N–H and O–H groups in total. The Bertz CT molecular complexity index is 423. The Morgan fingerprint density at radius 1 is 1.31 bits per heavy atom. The molecule has 1 aromatic carbocycles. The van der Waals surface area contributed by atoms with Crippen LogP contribution >= 0.6 is 0 Å². The predicted molar refractivity (Wildman–Crippen MR) is 68.1 cm³/mol. The van der Waals surface area contributed by atoms with Gasteiger partial charge in [0.1, 0.15) is 0 Å². The molecule has 2 nitrogen and oxygen atoms in total. The molecule has 0 spiro atoms. The Morgan fingerprint density at radius 3 is 3.19 bits per heavy atom. The van der Waals surface area contributed by atoms with Gasteiger partial charge in [-0.15, -0.1) is 0 Å². The Labute approximate surface area is 96.5 Å². The molecule has 2 aliphatic rings. The van der Waals surface area contributed by atoms with Gasteiger partial charge in [0.05, 0.1) is 0 Å². The fourth-order valence-electron chi connectivity index (χ4n) is 2.88. The van der Waals surface area contributed by atoms with Gasteiger partial charge in [0.15, 0.2) is 0 Å². The second-order valence-corrected chi connectivity index (χ2v) is 4.94. The lowest BCUT2D eigenvalue weighted by Gasteiger charge is -2.29. The van der Waals surface area contributed by atoms with Crippen LogP contribution in [0.15, 0.2) is 24.3 Å². The summed E-state index contributed by atoms with van der Waals surface area (Å²) in [5.41, 5.74) is 9.46. The normalized spacial score (nSPS) is 28.0. The number of hydrogen-bond acceptors (Lipinski definition) is 2. The topological polar surface area (TPSA) is 38.0 Å². The zero-order chi connectivity index (χ0) is 11.0. The molecule has 1 aliphatic heterocycles. The van der Waals surface area contributed by atoms with E-state index in [-0.39, 0.29) is 0 Å². The zero-order valence-electron chi connectivity index (χ0n) is 9.45. The first kappa shape index (κ1) is 9.91. The fraction of sp³-hybridized carbons (Fsp3) is 0.429. The van der Waals surface area contributed by atoms with Crippen LogP contribution in [-0.2, 0) is 6.42 Å². The highest BCUT2D eigenvalue weighted by atomic mass is 14.9. The molecule has 0 aromatic heterocycles. The molecule has 0 bridgehead atoms. The van der Waals surface area contributed by atoms with Crippen molar-refractivity contribution in [2.24, 2.45) is 11.8 Å². The van der Waals surface area contributed by atoms with E-state index in [9.17, 15) is 0 Å². The third kappa shape index (κ3) is 1.74. The lowest BCUT2D eigenvalue weighted by atomic mass is 9.83. The summed E-state index contributed by atoms with van der Waals surface area (Å²) in [6, 6.07) is 6.30. The predicted octanol–water partition coefficient (Wildman–Crippen LogP) is 2.06. The number of rotatable bonds is 0. The second kappa shape index (κ2) is 3.95. The van der Waals surface area contributed by atoms with Gasteiger partial charge < -0.3 is 11.1 Å². The van der Waals surface area contributed by atoms with Crippen molar-refractivity contribution in [3.8, 4) is 0 Å². The summed E-state index contributed by atoms with van der Waals surface area (Å²) in [7, 11) is 0. The van der Waals surface area contributed by atoms with Crippen molar-refractivity contribution >= 4 is 11.8 Å². The summed E-state index contributed by atoms with van der Waals surface area (Å²) in [6.07, 6.45) is 7.10. The number of piperidine rings is 1. The Hall–Kier alpha value is -1.28. The van der Waals surface area contributed by atoms with Crippen molar-refractivity contribution in [3.63, 3.8) is 0 Å². The van der Waals surface area contributed by atoms with E-state index in [2.05, 4.69) is 29.6 Å². The molecule has 1 fully saturated rings. The molecule has 1 saturated heterocycles. The smallest absolute Gasteiger partial charge is 0.0320 e. The Morgan fingerprint density at radius 2 is 2.25 bits per heavy atom. The summed E-state index contributed by atoms with van der Waals surface area (Å²) in [5.74, 6) is 1.50. The van der Waals surface area contributed by atoms with Gasteiger partial charge in [-0.05, 0) is 61.0 Å². The van der Waals surface area contributed by atoms with Crippen LogP contribution in [0.5, 0.6) is 0 Å². The van der Waals surface area contributed by atoms with Crippen molar-refractivity contribution in [3.05, 3.63) is 35.4 Å². The van der Waals surface area contributed by atoms with Gasteiger partial charge in [-0.3, -0.25) is 0 Å². The minimum atomic E-state index is 0.745. The summed E-state index contributed by atoms with van der Waals surface area (Å²) in [4.78, 5) is 0. The first-order valence-electron chi connectivity index (χ1n) is 6.10. The van der Waals surface area contributed by atoms with Gasteiger partial charge in [-0.25, -0.2) is 0 Å². The molecule has 1 aliphatic carbocycles. The van der Waals surface area contributed by atoms with Crippen LogP contribution in [0, 0.1) is 11.8 Å². The SMILES string of the molecule is Nc1ccc2c(c1)C=C[C@@H]1CCNC[C@H]1C2. The summed E-state index contributed by atoms with van der Waals surface area (Å²) in [6.45, 7) is 2.31. The van der Waals surface area contributed by atoms with E-state index in [1.165, 1.54) is 24.0 Å². The number of allylic oxidation sites excluding steroid dienone is 1. The molecule has 84 valence electrons. The maximum atomic E-state index is 5.83. The van der Waals surface area contributed by atoms with Crippen LogP contribution in [0.1, 0.15) is 17.5 Å². The standard InChI is InChI=1S/C14H18N2/c15-14-4-3-11-7-13-9-16-6-5-10(13)1-2-12(11)8-14/h1-4,8,10,13,16H,5-7,9,15H2/t10-,13-/m1/s1. The quantitative estimate of drug-likeness (QED) is 0.649. The van der Waals surface area contributed by atoms with E-state index in [0.29, 0.717) is 0 Å². The van der Waals surface area contributed by atoms with E-state index < -0.39 is 0 Å². The number of hydrogen-bond donors (Lipinski definition) is 2. The summed E-state index contributed by atoms with van der Waals surface area (Å²) >= 11 is 0. The zero-order valence-corrected chi connectivity index (χ0v) is 9.45. The van der Waals surface area contributed by atoms with Crippen LogP contribution < -0.4 is 11.1 Å². The van der Waals surface area contributed by atoms with Gasteiger partial charge in [0.25, 0.3) is 0 Å². The molecular weight excluding hydrogens is 196 g/mol. The number of nitrogen functional groups attached to an aromatic ring is 1. The first-order valence-corrected chi connectivity index (χ1v) is 6.10. The lowest BCUT2D eigenvalue weighted by molar-refractivity contribution is 0.303. The molecule has 3 rings (SSSR count). The van der Waals surface area contributed by atoms with E-state index in [0.717, 1.165) is 30.6 Å². The number of anilines is 1. The van der Waals surface area contributed by atoms with Crippen LogP contribution in [0.2, 0.25) is 0 Å². The maximum absolute atomic E-state index is 5.83. The number of fused-ring (bicyclic) bond motifs is 2. The maximum Gasteiger partial charge on any atom is 0.0320 e. The van der Waals surface area contributed by atoms with Gasteiger partial charge in [-0.2, -0.15) is 0 Å². The van der Waals surface area contributed by atoms with Gasteiger partial charge >= 0.3 is 0 Å². The van der Waals surface area contributed by atoms with E-state index in [1.54, 1.807) is 0 Å². The Kier molecular flexibility index (Phi) is 2.44. The molecule has 2 heteroatoms. The molecule has 0 amide bonds. The van der Waals surface area contributed by atoms with E-state index >= 15 is 0 Å².